The zero-order valence-corrected chi connectivity index (χ0v) is 16.9. The van der Waals surface area contributed by atoms with Crippen LogP contribution in [0.15, 0.2) is 41.7 Å². The molecule has 1 N–H and O–H groups in total. The van der Waals surface area contributed by atoms with Crippen LogP contribution in [0.2, 0.25) is 10.0 Å². The molecule has 2 aliphatic rings. The van der Waals surface area contributed by atoms with Gasteiger partial charge >= 0.3 is 0 Å². The number of halogens is 2. The van der Waals surface area contributed by atoms with E-state index in [2.05, 4.69) is 17.3 Å². The van der Waals surface area contributed by atoms with E-state index in [1.54, 1.807) is 12.3 Å². The van der Waals surface area contributed by atoms with Crippen LogP contribution in [0.1, 0.15) is 44.7 Å². The van der Waals surface area contributed by atoms with Gasteiger partial charge in [-0.25, -0.2) is 4.68 Å². The molecular weight excluding hydrogens is 383 g/mol. The van der Waals surface area contributed by atoms with Crippen molar-refractivity contribution in [2.24, 2.45) is 0 Å². The Morgan fingerprint density at radius 2 is 2.11 bits per heavy atom. The van der Waals surface area contributed by atoms with Crippen LogP contribution in [0.25, 0.3) is 0 Å². The molecule has 0 saturated carbocycles. The normalized spacial score (nSPS) is 22.0. The second-order valence-corrected chi connectivity index (χ2v) is 7.92. The average Bonchev–Trinajstić information content (AvgIpc) is 3.31. The number of hydrogen-bond donors (Lipinski definition) is 1. The molecule has 0 aliphatic carbocycles. The number of benzene rings is 1. The number of nitrogens with one attached hydrogen (secondary N) is 1. The van der Waals surface area contributed by atoms with Crippen molar-refractivity contribution in [3.05, 3.63) is 57.3 Å². The van der Waals surface area contributed by atoms with Crippen LogP contribution in [0.5, 0.6) is 0 Å². The zero-order valence-electron chi connectivity index (χ0n) is 15.4. The van der Waals surface area contributed by atoms with E-state index >= 15 is 0 Å². The Hall–Kier alpha value is -1.98. The van der Waals surface area contributed by atoms with Gasteiger partial charge < -0.3 is 10.2 Å². The standard InChI is InChI=1S/C20H22Cl2N4O/c1-3-14-5-4-10-25(14)20(27)18-12(2)24-17-8-9-23-26(17)19(18)13-6-7-15(21)16(22)11-13/h6-9,11,14,19,24H,3-5,10H2,1-2H3. The van der Waals surface area contributed by atoms with Crippen LogP contribution in [0, 0.1) is 0 Å². The number of rotatable bonds is 3. The van der Waals surface area contributed by atoms with Crippen LogP contribution in [0.3, 0.4) is 0 Å². The first-order chi connectivity index (χ1) is 13.0. The van der Waals surface area contributed by atoms with E-state index in [9.17, 15) is 4.79 Å². The van der Waals surface area contributed by atoms with Gasteiger partial charge in [-0.3, -0.25) is 4.79 Å². The monoisotopic (exact) mass is 404 g/mol. The fourth-order valence-electron chi connectivity index (χ4n) is 4.16. The highest BCUT2D eigenvalue weighted by molar-refractivity contribution is 6.42. The Morgan fingerprint density at radius 1 is 1.30 bits per heavy atom. The number of anilines is 1. The predicted molar refractivity (Wildman–Crippen MR) is 108 cm³/mol. The van der Waals surface area contributed by atoms with Gasteiger partial charge in [-0.2, -0.15) is 5.10 Å². The van der Waals surface area contributed by atoms with Crippen LogP contribution in [-0.4, -0.2) is 33.2 Å². The summed E-state index contributed by atoms with van der Waals surface area (Å²) >= 11 is 12.4. The Balaban J connectivity index is 1.82. The Kier molecular flexibility index (Phi) is 4.91. The largest absolute Gasteiger partial charge is 0.344 e. The van der Waals surface area contributed by atoms with Gasteiger partial charge in [0.25, 0.3) is 5.91 Å². The van der Waals surface area contributed by atoms with Gasteiger partial charge in [-0.1, -0.05) is 36.2 Å². The zero-order chi connectivity index (χ0) is 19.1. The summed E-state index contributed by atoms with van der Waals surface area (Å²) in [5.41, 5.74) is 2.46. The maximum Gasteiger partial charge on any atom is 0.254 e. The third kappa shape index (κ3) is 3.13. The Labute approximate surface area is 168 Å². The molecule has 1 aromatic heterocycles. The van der Waals surface area contributed by atoms with Crippen molar-refractivity contribution in [2.75, 3.05) is 11.9 Å². The Bertz CT molecular complexity index is 920. The molecule has 1 fully saturated rings. The first kappa shape index (κ1) is 18.4. The lowest BCUT2D eigenvalue weighted by atomic mass is 9.94. The highest BCUT2D eigenvalue weighted by Crippen LogP contribution is 2.39. The van der Waals surface area contributed by atoms with E-state index in [0.29, 0.717) is 21.7 Å². The van der Waals surface area contributed by atoms with Crippen LogP contribution in [0.4, 0.5) is 5.82 Å². The summed E-state index contributed by atoms with van der Waals surface area (Å²) in [4.78, 5) is 15.6. The van der Waals surface area contributed by atoms with Crippen LogP contribution in [-0.2, 0) is 4.79 Å². The molecule has 2 unspecified atom stereocenters. The molecule has 2 aliphatic heterocycles. The molecule has 27 heavy (non-hydrogen) atoms. The summed E-state index contributed by atoms with van der Waals surface area (Å²) in [5.74, 6) is 0.926. The quantitative estimate of drug-likeness (QED) is 0.792. The highest BCUT2D eigenvalue weighted by atomic mass is 35.5. The molecule has 1 amide bonds. The molecule has 1 saturated heterocycles. The molecule has 2 aromatic rings. The third-order valence-corrected chi connectivity index (χ3v) is 6.25. The SMILES string of the molecule is CCC1CCCN1C(=O)C1=C(C)Nc2ccnn2C1c1ccc(Cl)c(Cl)c1. The molecule has 5 nitrogen and oxygen atoms in total. The molecule has 0 bridgehead atoms. The van der Waals surface area contributed by atoms with Crippen molar-refractivity contribution in [3.63, 3.8) is 0 Å². The maximum absolute atomic E-state index is 13.6. The molecule has 2 atom stereocenters. The minimum absolute atomic E-state index is 0.0709. The van der Waals surface area contributed by atoms with Gasteiger partial charge in [0.05, 0.1) is 21.8 Å². The third-order valence-electron chi connectivity index (χ3n) is 5.51. The summed E-state index contributed by atoms with van der Waals surface area (Å²) in [6.07, 6.45) is 4.81. The topological polar surface area (TPSA) is 50.2 Å². The maximum atomic E-state index is 13.6. The van der Waals surface area contributed by atoms with E-state index in [-0.39, 0.29) is 11.9 Å². The number of fused-ring (bicyclic) bond motifs is 1. The molecule has 0 spiro atoms. The van der Waals surface area contributed by atoms with E-state index in [1.165, 1.54) is 0 Å². The average molecular weight is 405 g/mol. The number of amides is 1. The number of carbonyl (C=O) groups excluding carboxylic acids is 1. The number of nitrogens with zero attached hydrogens (tertiary/aromatic N) is 3. The van der Waals surface area contributed by atoms with E-state index in [4.69, 9.17) is 23.2 Å². The number of likely N-dealkylation sites (tertiary alicyclic amines) is 1. The molecular formula is C20H22Cl2N4O. The number of hydrogen-bond acceptors (Lipinski definition) is 3. The smallest absolute Gasteiger partial charge is 0.254 e. The fourth-order valence-corrected chi connectivity index (χ4v) is 4.46. The van der Waals surface area contributed by atoms with Crippen molar-refractivity contribution in [1.82, 2.24) is 14.7 Å². The lowest BCUT2D eigenvalue weighted by Crippen LogP contribution is -2.40. The van der Waals surface area contributed by atoms with Crippen molar-refractivity contribution < 1.29 is 4.79 Å². The van der Waals surface area contributed by atoms with Crippen molar-refractivity contribution >= 4 is 34.9 Å². The summed E-state index contributed by atoms with van der Waals surface area (Å²) < 4.78 is 1.84. The molecule has 1 aromatic carbocycles. The summed E-state index contributed by atoms with van der Waals surface area (Å²) in [6, 6.07) is 7.37. The number of aromatic nitrogens is 2. The van der Waals surface area contributed by atoms with E-state index < -0.39 is 0 Å². The summed E-state index contributed by atoms with van der Waals surface area (Å²) in [5, 5.41) is 8.76. The van der Waals surface area contributed by atoms with E-state index in [0.717, 1.165) is 42.9 Å². The molecule has 142 valence electrons. The number of allylic oxidation sites excluding steroid dienone is 1. The van der Waals surface area contributed by atoms with Crippen LogP contribution >= 0.6 is 23.2 Å². The van der Waals surface area contributed by atoms with Crippen molar-refractivity contribution in [1.29, 1.82) is 0 Å². The molecule has 3 heterocycles. The van der Waals surface area contributed by atoms with Gasteiger partial charge in [0.2, 0.25) is 0 Å². The van der Waals surface area contributed by atoms with Crippen LogP contribution < -0.4 is 5.32 Å². The summed E-state index contributed by atoms with van der Waals surface area (Å²) in [7, 11) is 0. The summed E-state index contributed by atoms with van der Waals surface area (Å²) in [6.45, 7) is 4.89. The molecule has 7 heteroatoms. The number of carbonyl (C=O) groups is 1. The van der Waals surface area contributed by atoms with Gasteiger partial charge in [0.15, 0.2) is 0 Å². The second kappa shape index (κ2) is 7.21. The van der Waals surface area contributed by atoms with Gasteiger partial charge in [-0.15, -0.1) is 0 Å². The highest BCUT2D eigenvalue weighted by Gasteiger charge is 2.38. The molecule has 0 radical (unpaired) electrons. The first-order valence-corrected chi connectivity index (χ1v) is 10.0. The van der Waals surface area contributed by atoms with Crippen molar-refractivity contribution in [3.8, 4) is 0 Å². The molecule has 4 rings (SSSR count). The second-order valence-electron chi connectivity index (χ2n) is 7.10. The van der Waals surface area contributed by atoms with Crippen molar-refractivity contribution in [2.45, 2.75) is 45.2 Å². The van der Waals surface area contributed by atoms with Gasteiger partial charge in [-0.05, 0) is 43.9 Å². The minimum Gasteiger partial charge on any atom is -0.344 e. The van der Waals surface area contributed by atoms with Gasteiger partial charge in [0.1, 0.15) is 11.9 Å². The Morgan fingerprint density at radius 3 is 2.85 bits per heavy atom. The predicted octanol–water partition coefficient (Wildman–Crippen LogP) is 4.88. The van der Waals surface area contributed by atoms with Gasteiger partial charge in [0, 0.05) is 24.4 Å². The minimum atomic E-state index is -0.336. The first-order valence-electron chi connectivity index (χ1n) is 9.28. The lowest BCUT2D eigenvalue weighted by molar-refractivity contribution is -0.128. The van der Waals surface area contributed by atoms with E-state index in [1.807, 2.05) is 34.7 Å². The fraction of sp³-hybridized carbons (Fsp3) is 0.400. The lowest BCUT2D eigenvalue weighted by Gasteiger charge is -2.33.